The van der Waals surface area contributed by atoms with Gasteiger partial charge in [-0.1, -0.05) is 13.0 Å². The van der Waals surface area contributed by atoms with Gasteiger partial charge in [-0.25, -0.2) is 18.4 Å². The molecule has 164 valence electrons. The number of methoxy groups -OCH3 is 1. The second kappa shape index (κ2) is 10.2. The van der Waals surface area contributed by atoms with Gasteiger partial charge in [0, 0.05) is 37.7 Å². The summed E-state index contributed by atoms with van der Waals surface area (Å²) < 4.78 is 34.8. The topological polar surface area (TPSA) is 81.6 Å². The zero-order valence-electron chi connectivity index (χ0n) is 18.0. The Kier molecular flexibility index (Phi) is 7.66. The second-order valence-corrected chi connectivity index (χ2v) is 10.0. The maximum atomic E-state index is 11.7. The van der Waals surface area contributed by atoms with Gasteiger partial charge in [-0.3, -0.25) is 0 Å². The van der Waals surface area contributed by atoms with Crippen molar-refractivity contribution in [2.45, 2.75) is 37.9 Å². The maximum absolute atomic E-state index is 11.7. The minimum absolute atomic E-state index is 0.233. The first-order valence-corrected chi connectivity index (χ1v) is 12.4. The molecule has 7 nitrogen and oxygen atoms in total. The first-order chi connectivity index (χ1) is 14.4. The van der Waals surface area contributed by atoms with E-state index in [-0.39, 0.29) is 5.25 Å². The number of aromatic nitrogens is 2. The molecule has 3 rings (SSSR count). The highest BCUT2D eigenvalue weighted by molar-refractivity contribution is 7.91. The van der Waals surface area contributed by atoms with Crippen LogP contribution in [0.4, 0.5) is 0 Å². The average Bonchev–Trinajstić information content (AvgIpc) is 3.21. The lowest BCUT2D eigenvalue weighted by Gasteiger charge is -2.16. The van der Waals surface area contributed by atoms with E-state index < -0.39 is 9.84 Å². The van der Waals surface area contributed by atoms with Gasteiger partial charge in [-0.2, -0.15) is 0 Å². The van der Waals surface area contributed by atoms with Crippen molar-refractivity contribution in [1.82, 2.24) is 14.9 Å². The van der Waals surface area contributed by atoms with Crippen molar-refractivity contribution in [2.75, 3.05) is 39.6 Å². The quantitative estimate of drug-likeness (QED) is 0.533. The Morgan fingerprint density at radius 2 is 2.07 bits per heavy atom. The van der Waals surface area contributed by atoms with Gasteiger partial charge in [0.05, 0.1) is 19.0 Å². The highest BCUT2D eigenvalue weighted by atomic mass is 32.2. The third-order valence-corrected chi connectivity index (χ3v) is 7.02. The number of rotatable bonds is 10. The van der Waals surface area contributed by atoms with Gasteiger partial charge in [0.2, 0.25) is 0 Å². The SMILES string of the molecule is CCc1ccnc(Cc2ccc(OC)c(OCCCN3CCC(S(C)(=O)=O)C3)c2)n1. The number of hydrogen-bond donors (Lipinski definition) is 0. The van der Waals surface area contributed by atoms with Gasteiger partial charge >= 0.3 is 0 Å². The molecule has 30 heavy (non-hydrogen) atoms. The van der Waals surface area contributed by atoms with Crippen LogP contribution in [0.25, 0.3) is 0 Å². The molecule has 0 saturated carbocycles. The Hall–Kier alpha value is -2.19. The first kappa shape index (κ1) is 22.5. The zero-order valence-corrected chi connectivity index (χ0v) is 18.8. The second-order valence-electron chi connectivity index (χ2n) is 7.72. The van der Waals surface area contributed by atoms with Crippen LogP contribution in [0.5, 0.6) is 11.5 Å². The molecule has 1 atom stereocenters. The highest BCUT2D eigenvalue weighted by Gasteiger charge is 2.29. The van der Waals surface area contributed by atoms with Crippen molar-refractivity contribution < 1.29 is 17.9 Å². The highest BCUT2D eigenvalue weighted by Crippen LogP contribution is 2.29. The molecule has 0 N–H and O–H groups in total. The predicted molar refractivity (Wildman–Crippen MR) is 117 cm³/mol. The summed E-state index contributed by atoms with van der Waals surface area (Å²) in [5, 5.41) is -0.233. The molecule has 1 saturated heterocycles. The molecular formula is C22H31N3O4S. The molecule has 1 fully saturated rings. The number of benzene rings is 1. The third kappa shape index (κ3) is 6.15. The fourth-order valence-electron chi connectivity index (χ4n) is 3.67. The van der Waals surface area contributed by atoms with Crippen LogP contribution < -0.4 is 9.47 Å². The fraction of sp³-hybridized carbons (Fsp3) is 0.545. The van der Waals surface area contributed by atoms with E-state index in [1.165, 1.54) is 6.26 Å². The van der Waals surface area contributed by atoms with Crippen LogP contribution in [-0.4, -0.2) is 68.1 Å². The molecule has 0 radical (unpaired) electrons. The van der Waals surface area contributed by atoms with Gasteiger partial charge in [0.25, 0.3) is 0 Å². The average molecular weight is 434 g/mol. The minimum Gasteiger partial charge on any atom is -0.493 e. The van der Waals surface area contributed by atoms with Gasteiger partial charge in [0.15, 0.2) is 21.3 Å². The van der Waals surface area contributed by atoms with E-state index in [1.54, 1.807) is 13.3 Å². The monoisotopic (exact) mass is 433 g/mol. The van der Waals surface area contributed by atoms with Crippen LogP contribution in [0.15, 0.2) is 30.5 Å². The molecule has 1 aliphatic rings. The number of sulfone groups is 1. The fourth-order valence-corrected chi connectivity index (χ4v) is 4.68. The third-order valence-electron chi connectivity index (χ3n) is 5.43. The van der Waals surface area contributed by atoms with Crippen LogP contribution in [-0.2, 0) is 22.7 Å². The van der Waals surface area contributed by atoms with Crippen molar-refractivity contribution in [2.24, 2.45) is 0 Å². The van der Waals surface area contributed by atoms with E-state index in [2.05, 4.69) is 21.8 Å². The van der Waals surface area contributed by atoms with Crippen LogP contribution >= 0.6 is 0 Å². The summed E-state index contributed by atoms with van der Waals surface area (Å²) in [5.41, 5.74) is 2.10. The summed E-state index contributed by atoms with van der Waals surface area (Å²) in [4.78, 5) is 11.1. The molecule has 0 aliphatic carbocycles. The lowest BCUT2D eigenvalue weighted by molar-refractivity contribution is 0.254. The van der Waals surface area contributed by atoms with E-state index in [1.807, 2.05) is 24.3 Å². The Bertz CT molecular complexity index is 949. The van der Waals surface area contributed by atoms with Crippen molar-refractivity contribution >= 4 is 9.84 Å². The van der Waals surface area contributed by atoms with Crippen molar-refractivity contribution in [3.63, 3.8) is 0 Å². The summed E-state index contributed by atoms with van der Waals surface area (Å²) in [6.45, 7) is 4.89. The molecule has 2 heterocycles. The Balaban J connectivity index is 1.54. The minimum atomic E-state index is -2.95. The number of hydrogen-bond acceptors (Lipinski definition) is 7. The largest absolute Gasteiger partial charge is 0.493 e. The zero-order chi connectivity index (χ0) is 21.6. The van der Waals surface area contributed by atoms with Gasteiger partial charge in [0.1, 0.15) is 5.82 Å². The van der Waals surface area contributed by atoms with Crippen molar-refractivity contribution in [3.05, 3.63) is 47.5 Å². The van der Waals surface area contributed by atoms with E-state index in [0.29, 0.717) is 31.1 Å². The van der Waals surface area contributed by atoms with Gasteiger partial charge in [-0.05, 0) is 49.6 Å². The standard InChI is InChI=1S/C22H31N3O4S/c1-4-18-8-10-23-22(24-18)15-17-6-7-20(28-2)21(14-17)29-13-5-11-25-12-9-19(16-25)30(3,26)27/h6-8,10,14,19H,4-5,9,11-13,15-16H2,1-3H3. The molecule has 1 aromatic heterocycles. The van der Waals surface area contributed by atoms with Gasteiger partial charge in [-0.15, -0.1) is 0 Å². The van der Waals surface area contributed by atoms with Crippen LogP contribution in [0.1, 0.15) is 36.8 Å². The predicted octanol–water partition coefficient (Wildman–Crippen LogP) is 2.53. The van der Waals surface area contributed by atoms with Crippen molar-refractivity contribution in [3.8, 4) is 11.5 Å². The summed E-state index contributed by atoms with van der Waals surface area (Å²) in [5.74, 6) is 2.19. The van der Waals surface area contributed by atoms with E-state index in [0.717, 1.165) is 49.4 Å². The van der Waals surface area contributed by atoms with Gasteiger partial charge < -0.3 is 14.4 Å². The van der Waals surface area contributed by atoms with E-state index in [9.17, 15) is 8.42 Å². The lowest BCUT2D eigenvalue weighted by atomic mass is 10.1. The Labute approximate surface area is 179 Å². The number of ether oxygens (including phenoxy) is 2. The van der Waals surface area contributed by atoms with Crippen LogP contribution in [0.2, 0.25) is 0 Å². The Morgan fingerprint density at radius 3 is 2.77 bits per heavy atom. The first-order valence-electron chi connectivity index (χ1n) is 10.4. The maximum Gasteiger partial charge on any atom is 0.161 e. The molecule has 8 heteroatoms. The summed E-state index contributed by atoms with van der Waals surface area (Å²) in [6.07, 6.45) is 6.19. The number of aryl methyl sites for hydroxylation is 1. The molecule has 0 bridgehead atoms. The van der Waals surface area contributed by atoms with E-state index >= 15 is 0 Å². The molecule has 0 spiro atoms. The Morgan fingerprint density at radius 1 is 1.23 bits per heavy atom. The van der Waals surface area contributed by atoms with E-state index in [4.69, 9.17) is 9.47 Å². The molecule has 0 amide bonds. The smallest absolute Gasteiger partial charge is 0.161 e. The molecule has 1 aromatic carbocycles. The molecule has 2 aromatic rings. The normalized spacial score (nSPS) is 17.2. The molecule has 1 unspecified atom stereocenters. The number of nitrogens with zero attached hydrogens (tertiary/aromatic N) is 3. The van der Waals surface area contributed by atoms with Crippen molar-refractivity contribution in [1.29, 1.82) is 0 Å². The summed E-state index contributed by atoms with van der Waals surface area (Å²) in [6, 6.07) is 7.83. The lowest BCUT2D eigenvalue weighted by Crippen LogP contribution is -2.27. The molecular weight excluding hydrogens is 402 g/mol. The summed E-state index contributed by atoms with van der Waals surface area (Å²) >= 11 is 0. The summed E-state index contributed by atoms with van der Waals surface area (Å²) in [7, 11) is -1.32. The van der Waals surface area contributed by atoms with Crippen LogP contribution in [0, 0.1) is 0 Å². The molecule has 1 aliphatic heterocycles. The number of likely N-dealkylation sites (tertiary alicyclic amines) is 1. The van der Waals surface area contributed by atoms with Crippen LogP contribution in [0.3, 0.4) is 0 Å².